The molecular formula is C10H15F3. The van der Waals surface area contributed by atoms with Gasteiger partial charge in [-0.25, -0.2) is 0 Å². The Labute approximate surface area is 77.1 Å². The van der Waals surface area contributed by atoms with Crippen molar-refractivity contribution in [3.63, 3.8) is 0 Å². The van der Waals surface area contributed by atoms with E-state index in [1.165, 1.54) is 19.1 Å². The molecule has 76 valence electrons. The van der Waals surface area contributed by atoms with E-state index in [0.29, 0.717) is 0 Å². The molecule has 0 unspecified atom stereocenters. The summed E-state index contributed by atoms with van der Waals surface area (Å²) in [5.41, 5.74) is 0.482. The first-order valence-corrected chi connectivity index (χ1v) is 4.35. The van der Waals surface area contributed by atoms with Gasteiger partial charge in [0, 0.05) is 5.57 Å². The van der Waals surface area contributed by atoms with Crippen molar-refractivity contribution in [3.05, 3.63) is 23.3 Å². The molecule has 3 heteroatoms. The quantitative estimate of drug-likeness (QED) is 0.586. The SMILES string of the molecule is CC/C(C)=C\C=C(/CC)C(F)(F)F. The van der Waals surface area contributed by atoms with E-state index >= 15 is 0 Å². The summed E-state index contributed by atoms with van der Waals surface area (Å²) in [5, 5.41) is 0. The molecular weight excluding hydrogens is 177 g/mol. The lowest BCUT2D eigenvalue weighted by atomic mass is 10.1. The lowest BCUT2D eigenvalue weighted by Crippen LogP contribution is -2.10. The van der Waals surface area contributed by atoms with E-state index in [1.807, 2.05) is 13.8 Å². The number of allylic oxidation sites excluding steroid dienone is 4. The molecule has 0 nitrogen and oxygen atoms in total. The molecule has 0 saturated heterocycles. The first-order valence-electron chi connectivity index (χ1n) is 4.35. The largest absolute Gasteiger partial charge is 0.412 e. The fourth-order valence-electron chi connectivity index (χ4n) is 0.773. The molecule has 13 heavy (non-hydrogen) atoms. The molecule has 0 fully saturated rings. The van der Waals surface area contributed by atoms with Gasteiger partial charge in [0.1, 0.15) is 0 Å². The van der Waals surface area contributed by atoms with Crippen LogP contribution in [0.1, 0.15) is 33.6 Å². The minimum absolute atomic E-state index is 0.0248. The lowest BCUT2D eigenvalue weighted by molar-refractivity contribution is -0.0935. The van der Waals surface area contributed by atoms with Gasteiger partial charge in [-0.15, -0.1) is 0 Å². The third-order valence-electron chi connectivity index (χ3n) is 1.87. The summed E-state index contributed by atoms with van der Waals surface area (Å²) in [6, 6.07) is 0. The molecule has 0 N–H and O–H groups in total. The Bertz CT molecular complexity index is 209. The molecule has 0 aliphatic rings. The van der Waals surface area contributed by atoms with Gasteiger partial charge >= 0.3 is 6.18 Å². The van der Waals surface area contributed by atoms with Crippen molar-refractivity contribution < 1.29 is 13.2 Å². The molecule has 0 saturated carbocycles. The minimum atomic E-state index is -4.18. The third kappa shape index (κ3) is 4.76. The molecule has 0 heterocycles. The number of rotatable bonds is 3. The van der Waals surface area contributed by atoms with Crippen molar-refractivity contribution >= 4 is 0 Å². The van der Waals surface area contributed by atoms with Crippen LogP contribution in [0.4, 0.5) is 13.2 Å². The average Bonchev–Trinajstić information content (AvgIpc) is 2.02. The Morgan fingerprint density at radius 3 is 1.92 bits per heavy atom. The number of halogens is 3. The highest BCUT2D eigenvalue weighted by Gasteiger charge is 2.31. The van der Waals surface area contributed by atoms with Gasteiger partial charge in [-0.2, -0.15) is 13.2 Å². The highest BCUT2D eigenvalue weighted by atomic mass is 19.4. The van der Waals surface area contributed by atoms with Crippen molar-refractivity contribution in [1.29, 1.82) is 0 Å². The predicted molar refractivity (Wildman–Crippen MR) is 48.5 cm³/mol. The first-order chi connectivity index (χ1) is 5.91. The zero-order valence-electron chi connectivity index (χ0n) is 8.20. The van der Waals surface area contributed by atoms with E-state index in [0.717, 1.165) is 12.0 Å². The van der Waals surface area contributed by atoms with Gasteiger partial charge in [-0.05, 0) is 19.8 Å². The predicted octanol–water partition coefficient (Wildman–Crippen LogP) is 4.24. The summed E-state index contributed by atoms with van der Waals surface area (Å²) in [6.07, 6.45) is -0.674. The van der Waals surface area contributed by atoms with Crippen LogP contribution >= 0.6 is 0 Å². The van der Waals surface area contributed by atoms with E-state index in [9.17, 15) is 13.2 Å². The van der Waals surface area contributed by atoms with Gasteiger partial charge in [0.25, 0.3) is 0 Å². The Morgan fingerprint density at radius 1 is 1.08 bits per heavy atom. The molecule has 0 aliphatic heterocycles. The van der Waals surface area contributed by atoms with Crippen LogP contribution in [0.3, 0.4) is 0 Å². The van der Waals surface area contributed by atoms with Crippen LogP contribution in [0, 0.1) is 0 Å². The van der Waals surface area contributed by atoms with Crippen molar-refractivity contribution in [2.45, 2.75) is 39.8 Å². The molecule has 0 aromatic rings. The molecule has 0 spiro atoms. The maximum atomic E-state index is 12.2. The zero-order chi connectivity index (χ0) is 10.5. The molecule has 0 aliphatic carbocycles. The molecule has 0 amide bonds. The molecule has 0 aromatic carbocycles. The van der Waals surface area contributed by atoms with Gasteiger partial charge in [0.2, 0.25) is 0 Å². The molecule has 0 radical (unpaired) electrons. The van der Waals surface area contributed by atoms with E-state index in [1.54, 1.807) is 0 Å². The standard InChI is InChI=1S/C10H15F3/c1-4-8(3)6-7-9(5-2)10(11,12)13/h6-7H,4-5H2,1-3H3/b8-6-,9-7+. The number of hydrogen-bond donors (Lipinski definition) is 0. The lowest BCUT2D eigenvalue weighted by Gasteiger charge is -2.08. The Morgan fingerprint density at radius 2 is 1.62 bits per heavy atom. The van der Waals surface area contributed by atoms with Crippen LogP contribution in [0.2, 0.25) is 0 Å². The van der Waals surface area contributed by atoms with E-state index in [-0.39, 0.29) is 6.42 Å². The maximum absolute atomic E-state index is 12.2. The smallest absolute Gasteiger partial charge is 0.166 e. The fraction of sp³-hybridized carbons (Fsp3) is 0.600. The van der Waals surface area contributed by atoms with E-state index < -0.39 is 11.7 Å². The first kappa shape index (κ1) is 12.3. The van der Waals surface area contributed by atoms with Crippen molar-refractivity contribution in [1.82, 2.24) is 0 Å². The topological polar surface area (TPSA) is 0 Å². The fourth-order valence-corrected chi connectivity index (χ4v) is 0.773. The van der Waals surface area contributed by atoms with Crippen molar-refractivity contribution in [3.8, 4) is 0 Å². The molecule has 0 bridgehead atoms. The zero-order valence-corrected chi connectivity index (χ0v) is 8.20. The Balaban J connectivity index is 4.59. The van der Waals surface area contributed by atoms with Crippen LogP contribution in [0.5, 0.6) is 0 Å². The molecule has 0 aromatic heterocycles. The highest BCUT2D eigenvalue weighted by Crippen LogP contribution is 2.27. The summed E-state index contributed by atoms with van der Waals surface area (Å²) in [6.45, 7) is 5.24. The molecule has 0 rings (SSSR count). The van der Waals surface area contributed by atoms with Gasteiger partial charge in [0.15, 0.2) is 0 Å². The number of alkyl halides is 3. The normalized spacial score (nSPS) is 14.9. The van der Waals surface area contributed by atoms with Gasteiger partial charge in [0.05, 0.1) is 0 Å². The second kappa shape index (κ2) is 5.10. The second-order valence-electron chi connectivity index (χ2n) is 2.91. The van der Waals surface area contributed by atoms with E-state index in [4.69, 9.17) is 0 Å². The van der Waals surface area contributed by atoms with Crippen LogP contribution < -0.4 is 0 Å². The second-order valence-corrected chi connectivity index (χ2v) is 2.91. The summed E-state index contributed by atoms with van der Waals surface area (Å²) in [4.78, 5) is 0. The summed E-state index contributed by atoms with van der Waals surface area (Å²) >= 11 is 0. The number of hydrogen-bond acceptors (Lipinski definition) is 0. The van der Waals surface area contributed by atoms with Crippen molar-refractivity contribution in [2.24, 2.45) is 0 Å². The Kier molecular flexibility index (Phi) is 4.81. The minimum Gasteiger partial charge on any atom is -0.166 e. The van der Waals surface area contributed by atoms with Crippen LogP contribution in [0.25, 0.3) is 0 Å². The van der Waals surface area contributed by atoms with Crippen LogP contribution in [-0.2, 0) is 0 Å². The van der Waals surface area contributed by atoms with Crippen molar-refractivity contribution in [2.75, 3.05) is 0 Å². The summed E-state index contributed by atoms with van der Waals surface area (Å²) in [7, 11) is 0. The summed E-state index contributed by atoms with van der Waals surface area (Å²) in [5.74, 6) is 0. The maximum Gasteiger partial charge on any atom is 0.412 e. The van der Waals surface area contributed by atoms with Crippen LogP contribution in [0.15, 0.2) is 23.3 Å². The van der Waals surface area contributed by atoms with Gasteiger partial charge in [-0.3, -0.25) is 0 Å². The third-order valence-corrected chi connectivity index (χ3v) is 1.87. The highest BCUT2D eigenvalue weighted by molar-refractivity contribution is 5.19. The van der Waals surface area contributed by atoms with E-state index in [2.05, 4.69) is 0 Å². The average molecular weight is 192 g/mol. The molecule has 0 atom stereocenters. The summed E-state index contributed by atoms with van der Waals surface area (Å²) < 4.78 is 36.5. The monoisotopic (exact) mass is 192 g/mol. The Hall–Kier alpha value is -0.730. The van der Waals surface area contributed by atoms with Gasteiger partial charge in [-0.1, -0.05) is 31.6 Å². The van der Waals surface area contributed by atoms with Gasteiger partial charge < -0.3 is 0 Å². The van der Waals surface area contributed by atoms with Crippen LogP contribution in [-0.4, -0.2) is 6.18 Å².